The van der Waals surface area contributed by atoms with Gasteiger partial charge in [-0.25, -0.2) is 0 Å². The van der Waals surface area contributed by atoms with E-state index in [1.807, 2.05) is 5.43 Å². The Kier molecular flexibility index (Phi) is 6.22. The highest BCUT2D eigenvalue weighted by Gasteiger charge is 2.16. The Hall–Kier alpha value is -2.51. The van der Waals surface area contributed by atoms with Gasteiger partial charge in [-0.2, -0.15) is 0 Å². The largest absolute Gasteiger partial charge is 0.467 e. The number of carbonyl (C=O) groups excluding carboxylic acids is 3. The van der Waals surface area contributed by atoms with Crippen molar-refractivity contribution in [1.29, 1.82) is 0 Å². The molecule has 126 valence electrons. The summed E-state index contributed by atoms with van der Waals surface area (Å²) in [5.74, 6) is -2.01. The van der Waals surface area contributed by atoms with Crippen molar-refractivity contribution in [1.82, 2.24) is 16.2 Å². The van der Waals surface area contributed by atoms with Crippen molar-refractivity contribution < 1.29 is 18.8 Å². The molecular formula is C15H13Cl2N3O4. The Morgan fingerprint density at radius 1 is 0.958 bits per heavy atom. The van der Waals surface area contributed by atoms with Crippen molar-refractivity contribution in [3.63, 3.8) is 0 Å². The molecule has 0 aliphatic rings. The predicted octanol–water partition coefficient (Wildman–Crippen LogP) is 1.59. The van der Waals surface area contributed by atoms with Gasteiger partial charge in [0.25, 0.3) is 0 Å². The summed E-state index contributed by atoms with van der Waals surface area (Å²) in [5, 5.41) is 3.01. The average molecular weight is 370 g/mol. The molecule has 0 bridgehead atoms. The Morgan fingerprint density at radius 2 is 1.67 bits per heavy atom. The van der Waals surface area contributed by atoms with E-state index in [2.05, 4.69) is 10.7 Å². The zero-order valence-electron chi connectivity index (χ0n) is 12.3. The Balaban J connectivity index is 1.78. The second-order valence-electron chi connectivity index (χ2n) is 4.64. The molecule has 3 N–H and O–H groups in total. The third-order valence-corrected chi connectivity index (χ3v) is 3.63. The molecule has 2 aromatic rings. The normalized spacial score (nSPS) is 10.1. The third-order valence-electron chi connectivity index (χ3n) is 2.92. The van der Waals surface area contributed by atoms with E-state index in [9.17, 15) is 14.4 Å². The first-order valence-corrected chi connectivity index (χ1v) is 7.55. The molecule has 2 rings (SSSR count). The van der Waals surface area contributed by atoms with E-state index in [0.29, 0.717) is 21.4 Å². The van der Waals surface area contributed by atoms with Gasteiger partial charge in [0.2, 0.25) is 5.91 Å². The molecule has 0 saturated heterocycles. The van der Waals surface area contributed by atoms with Gasteiger partial charge in [0, 0.05) is 10.0 Å². The number of nitrogens with one attached hydrogen (secondary N) is 3. The van der Waals surface area contributed by atoms with Crippen molar-refractivity contribution in [2.45, 2.75) is 13.0 Å². The zero-order chi connectivity index (χ0) is 17.5. The van der Waals surface area contributed by atoms with Crippen molar-refractivity contribution in [2.24, 2.45) is 0 Å². The first-order chi connectivity index (χ1) is 11.5. The zero-order valence-corrected chi connectivity index (χ0v) is 13.8. The van der Waals surface area contributed by atoms with Crippen LogP contribution in [0, 0.1) is 0 Å². The fraction of sp³-hybridized carbons (Fsp3) is 0.133. The van der Waals surface area contributed by atoms with Gasteiger partial charge in [-0.15, -0.1) is 0 Å². The van der Waals surface area contributed by atoms with E-state index in [0.717, 1.165) is 0 Å². The van der Waals surface area contributed by atoms with E-state index in [4.69, 9.17) is 27.6 Å². The molecular weight excluding hydrogens is 357 g/mol. The highest BCUT2D eigenvalue weighted by molar-refractivity contribution is 6.36. The molecule has 0 aliphatic carbocycles. The van der Waals surface area contributed by atoms with E-state index >= 15 is 0 Å². The van der Waals surface area contributed by atoms with Crippen molar-refractivity contribution in [2.75, 3.05) is 0 Å². The smallest absolute Gasteiger partial charge is 0.327 e. The van der Waals surface area contributed by atoms with E-state index in [1.54, 1.807) is 30.3 Å². The molecule has 0 radical (unpaired) electrons. The summed E-state index contributed by atoms with van der Waals surface area (Å²) >= 11 is 11.9. The van der Waals surface area contributed by atoms with Gasteiger partial charge < -0.3 is 9.73 Å². The molecule has 0 unspecified atom stereocenters. The van der Waals surface area contributed by atoms with Crippen LogP contribution in [0.5, 0.6) is 0 Å². The minimum atomic E-state index is -1.01. The number of benzene rings is 1. The van der Waals surface area contributed by atoms with E-state index < -0.39 is 17.7 Å². The van der Waals surface area contributed by atoms with Gasteiger partial charge in [0.15, 0.2) is 0 Å². The van der Waals surface area contributed by atoms with Crippen LogP contribution in [-0.4, -0.2) is 17.7 Å². The number of furan rings is 1. The molecule has 1 heterocycles. The number of amides is 3. The maximum Gasteiger partial charge on any atom is 0.327 e. The molecule has 0 aliphatic heterocycles. The van der Waals surface area contributed by atoms with Crippen LogP contribution in [0.3, 0.4) is 0 Å². The van der Waals surface area contributed by atoms with Crippen molar-refractivity contribution in [3.8, 4) is 0 Å². The second kappa shape index (κ2) is 8.37. The molecule has 0 spiro atoms. The summed E-state index contributed by atoms with van der Waals surface area (Å²) in [7, 11) is 0. The summed E-state index contributed by atoms with van der Waals surface area (Å²) < 4.78 is 5.01. The fourth-order valence-corrected chi connectivity index (χ4v) is 2.28. The van der Waals surface area contributed by atoms with Crippen molar-refractivity contribution >= 4 is 40.9 Å². The number of halogens is 2. The quantitative estimate of drug-likeness (QED) is 0.562. The summed E-state index contributed by atoms with van der Waals surface area (Å²) in [5.41, 5.74) is 4.55. The first kappa shape index (κ1) is 17.8. The van der Waals surface area contributed by atoms with Crippen molar-refractivity contribution in [3.05, 3.63) is 58.0 Å². The van der Waals surface area contributed by atoms with E-state index in [-0.39, 0.29) is 13.0 Å². The molecule has 0 saturated carbocycles. The van der Waals surface area contributed by atoms with Crippen LogP contribution in [0.2, 0.25) is 10.0 Å². The van der Waals surface area contributed by atoms with Gasteiger partial charge in [-0.1, -0.05) is 29.3 Å². The summed E-state index contributed by atoms with van der Waals surface area (Å²) in [4.78, 5) is 34.9. The monoisotopic (exact) mass is 369 g/mol. The highest BCUT2D eigenvalue weighted by Crippen LogP contribution is 2.24. The molecule has 1 aromatic heterocycles. The lowest BCUT2D eigenvalue weighted by Gasteiger charge is -2.09. The standard InChI is InChI=1S/C15H13Cl2N3O4/c16-11-4-1-5-12(17)10(11)7-13(21)19-20-15(23)14(22)18-8-9-3-2-6-24-9/h1-6H,7-8H2,(H,18,22)(H,19,21)(H,20,23). The first-order valence-electron chi connectivity index (χ1n) is 6.79. The summed E-state index contributed by atoms with van der Waals surface area (Å²) in [6, 6.07) is 8.14. The predicted molar refractivity (Wildman–Crippen MR) is 87.0 cm³/mol. The number of rotatable bonds is 4. The van der Waals surface area contributed by atoms with Crippen LogP contribution >= 0.6 is 23.2 Å². The minimum absolute atomic E-state index is 0.0580. The van der Waals surface area contributed by atoms with E-state index in [1.165, 1.54) is 6.26 Å². The molecule has 9 heteroatoms. The lowest BCUT2D eigenvalue weighted by molar-refractivity contribution is -0.141. The molecule has 0 fully saturated rings. The van der Waals surface area contributed by atoms with Crippen LogP contribution in [-0.2, 0) is 27.3 Å². The lowest BCUT2D eigenvalue weighted by atomic mass is 10.1. The molecule has 7 nitrogen and oxygen atoms in total. The van der Waals surface area contributed by atoms with Crippen LogP contribution in [0.1, 0.15) is 11.3 Å². The van der Waals surface area contributed by atoms with Crippen LogP contribution < -0.4 is 16.2 Å². The SMILES string of the molecule is O=C(Cc1c(Cl)cccc1Cl)NNC(=O)C(=O)NCc1ccco1. The van der Waals surface area contributed by atoms with Crippen LogP contribution in [0.25, 0.3) is 0 Å². The second-order valence-corrected chi connectivity index (χ2v) is 5.46. The maximum absolute atomic E-state index is 11.8. The molecule has 3 amide bonds. The Bertz CT molecular complexity index is 727. The van der Waals surface area contributed by atoms with Gasteiger partial charge in [-0.3, -0.25) is 25.2 Å². The third kappa shape index (κ3) is 5.00. The van der Waals surface area contributed by atoms with Gasteiger partial charge >= 0.3 is 11.8 Å². The lowest BCUT2D eigenvalue weighted by Crippen LogP contribution is -2.48. The van der Waals surface area contributed by atoms with Gasteiger partial charge in [-0.05, 0) is 29.8 Å². The molecule has 1 aromatic carbocycles. The summed E-state index contributed by atoms with van der Waals surface area (Å²) in [6.45, 7) is 0.0580. The van der Waals surface area contributed by atoms with Crippen LogP contribution in [0.15, 0.2) is 41.0 Å². The Morgan fingerprint density at radius 3 is 2.29 bits per heavy atom. The Labute approximate surface area is 147 Å². The maximum atomic E-state index is 11.8. The van der Waals surface area contributed by atoms with Gasteiger partial charge in [0.1, 0.15) is 5.76 Å². The van der Waals surface area contributed by atoms with Crippen LogP contribution in [0.4, 0.5) is 0 Å². The number of hydrogen-bond donors (Lipinski definition) is 3. The minimum Gasteiger partial charge on any atom is -0.467 e. The number of hydrazine groups is 1. The number of hydrogen-bond acceptors (Lipinski definition) is 4. The number of carbonyl (C=O) groups is 3. The molecule has 0 atom stereocenters. The van der Waals surface area contributed by atoms with Gasteiger partial charge in [0.05, 0.1) is 19.2 Å². The average Bonchev–Trinajstić information content (AvgIpc) is 3.07. The summed E-state index contributed by atoms with van der Waals surface area (Å²) in [6.07, 6.45) is 1.30. The fourth-order valence-electron chi connectivity index (χ4n) is 1.75. The topological polar surface area (TPSA) is 100 Å². The molecule has 24 heavy (non-hydrogen) atoms. The highest BCUT2D eigenvalue weighted by atomic mass is 35.5.